The van der Waals surface area contributed by atoms with Crippen LogP contribution in [0.4, 0.5) is 0 Å². The van der Waals surface area contributed by atoms with E-state index >= 15 is 0 Å². The summed E-state index contributed by atoms with van der Waals surface area (Å²) in [7, 11) is 0. The third-order valence-corrected chi connectivity index (χ3v) is 1.31. The second kappa shape index (κ2) is 2.84. The van der Waals surface area contributed by atoms with Crippen molar-refractivity contribution >= 4 is 17.6 Å². The summed E-state index contributed by atoms with van der Waals surface area (Å²) in [6, 6.07) is 0. The number of hydrogen-bond donors (Lipinski definition) is 1. The largest absolute Gasteiger partial charge is 0.476 e. The van der Waals surface area contributed by atoms with Crippen molar-refractivity contribution in [2.24, 2.45) is 0 Å². The molecule has 1 heterocycles. The van der Waals surface area contributed by atoms with Gasteiger partial charge in [-0.05, 0) is 6.92 Å². The van der Waals surface area contributed by atoms with Crippen LogP contribution in [0.5, 0.6) is 0 Å². The van der Waals surface area contributed by atoms with Gasteiger partial charge in [-0.15, -0.1) is 0 Å². The Balaban J connectivity index is 3.23. The van der Waals surface area contributed by atoms with Crippen LogP contribution in [0.15, 0.2) is 6.20 Å². The average Bonchev–Trinajstić information content (AvgIpc) is 1.94. The van der Waals surface area contributed by atoms with Crippen molar-refractivity contribution < 1.29 is 9.90 Å². The summed E-state index contributed by atoms with van der Waals surface area (Å²) in [6.45, 7) is 1.56. The number of carboxylic acids is 1. The number of aryl methyl sites for hydroxylation is 1. The SMILES string of the molecule is Cc1ncc(Cl)nc1C(=O)O. The Hall–Kier alpha value is -1.16. The van der Waals surface area contributed by atoms with Crippen molar-refractivity contribution in [1.29, 1.82) is 0 Å². The maximum Gasteiger partial charge on any atom is 0.356 e. The van der Waals surface area contributed by atoms with Gasteiger partial charge >= 0.3 is 5.97 Å². The summed E-state index contributed by atoms with van der Waals surface area (Å²) in [5, 5.41) is 8.62. The van der Waals surface area contributed by atoms with Crippen molar-refractivity contribution in [2.75, 3.05) is 0 Å². The Kier molecular flexibility index (Phi) is 2.05. The van der Waals surface area contributed by atoms with Crippen LogP contribution in [0.25, 0.3) is 0 Å². The Morgan fingerprint density at radius 2 is 2.36 bits per heavy atom. The zero-order valence-electron chi connectivity index (χ0n) is 5.71. The van der Waals surface area contributed by atoms with Gasteiger partial charge in [-0.2, -0.15) is 0 Å². The van der Waals surface area contributed by atoms with Crippen molar-refractivity contribution in [3.8, 4) is 0 Å². The third-order valence-electron chi connectivity index (χ3n) is 1.13. The molecule has 1 aromatic heterocycles. The molecule has 58 valence electrons. The zero-order chi connectivity index (χ0) is 8.43. The fraction of sp³-hybridized carbons (Fsp3) is 0.167. The molecule has 0 aliphatic heterocycles. The van der Waals surface area contributed by atoms with Crippen LogP contribution in [0.2, 0.25) is 5.15 Å². The van der Waals surface area contributed by atoms with Crippen molar-refractivity contribution in [2.45, 2.75) is 6.92 Å². The van der Waals surface area contributed by atoms with Gasteiger partial charge in [0.05, 0.1) is 11.9 Å². The smallest absolute Gasteiger partial charge is 0.356 e. The Labute approximate surface area is 67.9 Å². The number of halogens is 1. The highest BCUT2D eigenvalue weighted by Crippen LogP contribution is 2.06. The van der Waals surface area contributed by atoms with Crippen LogP contribution in [-0.2, 0) is 0 Å². The molecule has 1 aromatic rings. The van der Waals surface area contributed by atoms with Gasteiger partial charge in [-0.3, -0.25) is 4.98 Å². The van der Waals surface area contributed by atoms with Gasteiger partial charge < -0.3 is 5.11 Å². The first-order chi connectivity index (χ1) is 5.11. The van der Waals surface area contributed by atoms with Crippen LogP contribution in [0.3, 0.4) is 0 Å². The predicted molar refractivity (Wildman–Crippen MR) is 38.7 cm³/mol. The quantitative estimate of drug-likeness (QED) is 0.690. The molecule has 0 aliphatic rings. The predicted octanol–water partition coefficient (Wildman–Crippen LogP) is 1.14. The molecule has 11 heavy (non-hydrogen) atoms. The van der Waals surface area contributed by atoms with Crippen molar-refractivity contribution in [1.82, 2.24) is 9.97 Å². The van der Waals surface area contributed by atoms with Gasteiger partial charge in [0.2, 0.25) is 0 Å². The standard InChI is InChI=1S/C6H5ClN2O2/c1-3-5(6(10)11)9-4(7)2-8-3/h2H,1H3,(H,10,11). The molecule has 1 rings (SSSR count). The summed E-state index contributed by atoms with van der Waals surface area (Å²) in [5.41, 5.74) is 0.263. The van der Waals surface area contributed by atoms with E-state index in [0.29, 0.717) is 5.69 Å². The first-order valence-corrected chi connectivity index (χ1v) is 3.21. The van der Waals surface area contributed by atoms with Crippen LogP contribution in [0, 0.1) is 6.92 Å². The molecule has 0 radical (unpaired) electrons. The lowest BCUT2D eigenvalue weighted by Gasteiger charge is -1.96. The number of rotatable bonds is 1. The summed E-state index contributed by atoms with van der Waals surface area (Å²) >= 11 is 5.42. The van der Waals surface area contributed by atoms with Gasteiger partial charge in [0.25, 0.3) is 0 Å². The minimum Gasteiger partial charge on any atom is -0.476 e. The molecule has 1 N–H and O–H groups in total. The molecule has 0 saturated heterocycles. The molecular formula is C6H5ClN2O2. The number of hydrogen-bond acceptors (Lipinski definition) is 3. The number of aromatic nitrogens is 2. The van der Waals surface area contributed by atoms with E-state index in [4.69, 9.17) is 16.7 Å². The summed E-state index contributed by atoms with van der Waals surface area (Å²) in [4.78, 5) is 17.7. The van der Waals surface area contributed by atoms with E-state index in [-0.39, 0.29) is 10.8 Å². The van der Waals surface area contributed by atoms with E-state index < -0.39 is 5.97 Å². The molecule has 0 atom stereocenters. The van der Waals surface area contributed by atoms with Crippen LogP contribution >= 0.6 is 11.6 Å². The average molecular weight is 173 g/mol. The summed E-state index contributed by atoms with van der Waals surface area (Å²) < 4.78 is 0. The molecule has 0 saturated carbocycles. The van der Waals surface area contributed by atoms with Gasteiger partial charge in [-0.1, -0.05) is 11.6 Å². The number of nitrogens with zero attached hydrogens (tertiary/aromatic N) is 2. The highest BCUT2D eigenvalue weighted by Gasteiger charge is 2.09. The highest BCUT2D eigenvalue weighted by molar-refractivity contribution is 6.29. The molecule has 0 aromatic carbocycles. The second-order valence-corrected chi connectivity index (χ2v) is 2.32. The van der Waals surface area contributed by atoms with Crippen LogP contribution in [0.1, 0.15) is 16.2 Å². The summed E-state index contributed by atoms with van der Waals surface area (Å²) in [5.74, 6) is -1.11. The number of carbonyl (C=O) groups is 1. The number of carboxylic acid groups (broad SMARTS) is 1. The minimum absolute atomic E-state index is 0.0907. The highest BCUT2D eigenvalue weighted by atomic mass is 35.5. The Morgan fingerprint density at radius 3 is 2.82 bits per heavy atom. The first kappa shape index (κ1) is 7.94. The molecule has 0 bridgehead atoms. The molecular weight excluding hydrogens is 168 g/mol. The van der Waals surface area contributed by atoms with Crippen molar-refractivity contribution in [3.63, 3.8) is 0 Å². The Morgan fingerprint density at radius 1 is 1.73 bits per heavy atom. The van der Waals surface area contributed by atoms with Crippen LogP contribution < -0.4 is 0 Å². The van der Waals surface area contributed by atoms with Gasteiger partial charge in [0.1, 0.15) is 5.15 Å². The summed E-state index contributed by atoms with van der Waals surface area (Å²) in [6.07, 6.45) is 1.31. The molecule has 0 amide bonds. The molecule has 4 nitrogen and oxygen atoms in total. The van der Waals surface area contributed by atoms with E-state index in [1.165, 1.54) is 6.20 Å². The van der Waals surface area contributed by atoms with Crippen LogP contribution in [-0.4, -0.2) is 21.0 Å². The number of aromatic carboxylic acids is 1. The van der Waals surface area contributed by atoms with Gasteiger partial charge in [0.15, 0.2) is 5.69 Å². The first-order valence-electron chi connectivity index (χ1n) is 2.83. The van der Waals surface area contributed by atoms with E-state index in [0.717, 1.165) is 0 Å². The fourth-order valence-electron chi connectivity index (χ4n) is 0.630. The van der Waals surface area contributed by atoms with Gasteiger partial charge in [0, 0.05) is 0 Å². The van der Waals surface area contributed by atoms with E-state index in [1.807, 2.05) is 0 Å². The van der Waals surface area contributed by atoms with Crippen molar-refractivity contribution in [3.05, 3.63) is 22.7 Å². The van der Waals surface area contributed by atoms with E-state index in [9.17, 15) is 4.79 Å². The third kappa shape index (κ3) is 1.65. The molecule has 0 spiro atoms. The molecule has 0 aliphatic carbocycles. The molecule has 5 heteroatoms. The van der Waals surface area contributed by atoms with E-state index in [1.54, 1.807) is 6.92 Å². The second-order valence-electron chi connectivity index (χ2n) is 1.93. The van der Waals surface area contributed by atoms with E-state index in [2.05, 4.69) is 9.97 Å². The monoisotopic (exact) mass is 172 g/mol. The fourth-order valence-corrected chi connectivity index (χ4v) is 0.764. The maximum atomic E-state index is 10.4. The molecule has 0 fully saturated rings. The lowest BCUT2D eigenvalue weighted by Crippen LogP contribution is -2.04. The normalized spacial score (nSPS) is 9.64. The lowest BCUT2D eigenvalue weighted by atomic mass is 10.3. The minimum atomic E-state index is -1.11. The maximum absolute atomic E-state index is 10.4. The van der Waals surface area contributed by atoms with Gasteiger partial charge in [-0.25, -0.2) is 9.78 Å². The zero-order valence-corrected chi connectivity index (χ0v) is 6.46. The molecule has 0 unspecified atom stereocenters. The topological polar surface area (TPSA) is 63.1 Å². The lowest BCUT2D eigenvalue weighted by molar-refractivity contribution is 0.0689. The Bertz CT molecular complexity index is 301.